The molecule has 1 rings (SSSR count). The molecule has 0 aliphatic carbocycles. The minimum atomic E-state index is -1.15. The summed E-state index contributed by atoms with van der Waals surface area (Å²) in [6.45, 7) is 0.366. The summed E-state index contributed by atoms with van der Waals surface area (Å²) in [4.78, 5) is 22.2. The summed E-state index contributed by atoms with van der Waals surface area (Å²) in [7, 11) is 1.81. The molecule has 1 aromatic rings. The number of urea groups is 1. The number of aryl methyl sites for hydroxylation is 1. The first-order chi connectivity index (χ1) is 9.02. The average Bonchev–Trinajstić information content (AvgIpc) is 2.74. The van der Waals surface area contributed by atoms with Crippen LogP contribution in [0.3, 0.4) is 0 Å². The fourth-order valence-electron chi connectivity index (χ4n) is 1.43. The molecule has 1 atom stereocenters. The first-order valence-corrected chi connectivity index (χ1v) is 5.72. The maximum absolute atomic E-state index is 11.4. The number of hydrogen-bond donors (Lipinski definition) is 3. The van der Waals surface area contributed by atoms with Gasteiger partial charge in [0.05, 0.1) is 5.69 Å². The predicted molar refractivity (Wildman–Crippen MR) is 68.3 cm³/mol. The molecular formula is C12H16N4O3. The normalized spacial score (nSPS) is 11.4. The second-order valence-corrected chi connectivity index (χ2v) is 3.93. The van der Waals surface area contributed by atoms with Gasteiger partial charge in [-0.2, -0.15) is 5.10 Å². The summed E-state index contributed by atoms with van der Waals surface area (Å²) in [5, 5.41) is 17.8. The molecule has 0 aliphatic heterocycles. The molecule has 0 aliphatic rings. The zero-order chi connectivity index (χ0) is 14.3. The summed E-state index contributed by atoms with van der Waals surface area (Å²) in [5.41, 5.74) is 0.848. The van der Waals surface area contributed by atoms with Crippen LogP contribution in [-0.2, 0) is 18.3 Å². The van der Waals surface area contributed by atoms with Crippen LogP contribution in [0.1, 0.15) is 12.1 Å². The Morgan fingerprint density at radius 1 is 1.63 bits per heavy atom. The van der Waals surface area contributed by atoms with Gasteiger partial charge in [-0.15, -0.1) is 12.3 Å². The number of terminal acetylenes is 1. The van der Waals surface area contributed by atoms with Crippen LogP contribution in [0.2, 0.25) is 0 Å². The highest BCUT2D eigenvalue weighted by Gasteiger charge is 2.18. The molecule has 2 amide bonds. The lowest BCUT2D eigenvalue weighted by atomic mass is 10.2. The van der Waals surface area contributed by atoms with Crippen molar-refractivity contribution in [2.24, 2.45) is 7.05 Å². The molecule has 0 radical (unpaired) electrons. The lowest BCUT2D eigenvalue weighted by Crippen LogP contribution is -2.46. The molecule has 102 valence electrons. The molecule has 1 unspecified atom stereocenters. The summed E-state index contributed by atoms with van der Waals surface area (Å²) in [6, 6.07) is 0.219. The third kappa shape index (κ3) is 5.12. The number of carboxylic acid groups (broad SMARTS) is 1. The largest absolute Gasteiger partial charge is 0.480 e. The zero-order valence-electron chi connectivity index (χ0n) is 10.6. The monoisotopic (exact) mass is 264 g/mol. The van der Waals surface area contributed by atoms with Gasteiger partial charge in [-0.1, -0.05) is 0 Å². The highest BCUT2D eigenvalue weighted by molar-refractivity contribution is 5.82. The molecule has 0 spiro atoms. The SMILES string of the molecule is C#CCC(NC(=O)NCCc1ccn(C)n1)C(=O)O. The first-order valence-electron chi connectivity index (χ1n) is 5.72. The Kier molecular flexibility index (Phi) is 5.41. The van der Waals surface area contributed by atoms with Crippen molar-refractivity contribution in [2.75, 3.05) is 6.54 Å². The number of aliphatic carboxylic acids is 1. The Morgan fingerprint density at radius 2 is 2.37 bits per heavy atom. The Bertz CT molecular complexity index is 489. The minimum Gasteiger partial charge on any atom is -0.480 e. The van der Waals surface area contributed by atoms with E-state index in [1.165, 1.54) is 0 Å². The maximum Gasteiger partial charge on any atom is 0.327 e. The van der Waals surface area contributed by atoms with E-state index in [1.807, 2.05) is 12.3 Å². The maximum atomic E-state index is 11.4. The number of aromatic nitrogens is 2. The van der Waals surface area contributed by atoms with E-state index in [1.54, 1.807) is 11.7 Å². The Morgan fingerprint density at radius 3 is 2.89 bits per heavy atom. The van der Waals surface area contributed by atoms with Crippen LogP contribution < -0.4 is 10.6 Å². The van der Waals surface area contributed by atoms with E-state index >= 15 is 0 Å². The predicted octanol–water partition coefficient (Wildman–Crippen LogP) is -0.262. The topological polar surface area (TPSA) is 96.3 Å². The van der Waals surface area contributed by atoms with Crippen molar-refractivity contribution in [1.82, 2.24) is 20.4 Å². The molecule has 3 N–H and O–H groups in total. The van der Waals surface area contributed by atoms with Gasteiger partial charge in [0.2, 0.25) is 0 Å². The molecule has 0 bridgehead atoms. The fourth-order valence-corrected chi connectivity index (χ4v) is 1.43. The van der Waals surface area contributed by atoms with Crippen LogP contribution in [0.15, 0.2) is 12.3 Å². The van der Waals surface area contributed by atoms with Crippen LogP contribution in [0, 0.1) is 12.3 Å². The van der Waals surface area contributed by atoms with Gasteiger partial charge in [0.25, 0.3) is 0 Å². The van der Waals surface area contributed by atoms with Crippen LogP contribution in [0.5, 0.6) is 0 Å². The summed E-state index contributed by atoms with van der Waals surface area (Å²) < 4.78 is 1.67. The van der Waals surface area contributed by atoms with E-state index in [0.717, 1.165) is 5.69 Å². The second kappa shape index (κ2) is 7.06. The average molecular weight is 264 g/mol. The molecule has 1 aromatic heterocycles. The standard InChI is InChI=1S/C12H16N4O3/c1-3-4-10(11(17)18)14-12(19)13-7-5-9-6-8-16(2)15-9/h1,6,8,10H,4-5,7H2,2H3,(H,17,18)(H2,13,14,19). The highest BCUT2D eigenvalue weighted by Crippen LogP contribution is 1.94. The van der Waals surface area contributed by atoms with E-state index in [9.17, 15) is 9.59 Å². The number of amides is 2. The third-order valence-electron chi connectivity index (χ3n) is 2.36. The van der Waals surface area contributed by atoms with Gasteiger partial charge < -0.3 is 15.7 Å². The van der Waals surface area contributed by atoms with Crippen LogP contribution in [0.4, 0.5) is 4.79 Å². The number of nitrogens with one attached hydrogen (secondary N) is 2. The van der Waals surface area contributed by atoms with Crippen molar-refractivity contribution < 1.29 is 14.7 Å². The second-order valence-electron chi connectivity index (χ2n) is 3.93. The lowest BCUT2D eigenvalue weighted by Gasteiger charge is -2.12. The van der Waals surface area contributed by atoms with Gasteiger partial charge in [-0.05, 0) is 6.07 Å². The molecule has 7 heteroatoms. The summed E-state index contributed by atoms with van der Waals surface area (Å²) in [6.07, 6.45) is 7.35. The van der Waals surface area contributed by atoms with Crippen molar-refractivity contribution in [1.29, 1.82) is 0 Å². The molecule has 7 nitrogen and oxygen atoms in total. The van der Waals surface area contributed by atoms with Gasteiger partial charge in [0, 0.05) is 32.6 Å². The van der Waals surface area contributed by atoms with Crippen LogP contribution >= 0.6 is 0 Å². The summed E-state index contributed by atoms with van der Waals surface area (Å²) >= 11 is 0. The Labute approximate surface area is 111 Å². The number of nitrogens with zero attached hydrogens (tertiary/aromatic N) is 2. The van der Waals surface area contributed by atoms with Crippen LogP contribution in [0.25, 0.3) is 0 Å². The van der Waals surface area contributed by atoms with Crippen LogP contribution in [-0.4, -0.2) is 39.5 Å². The molecule has 0 aromatic carbocycles. The van der Waals surface area contributed by atoms with Crippen molar-refractivity contribution >= 4 is 12.0 Å². The van der Waals surface area contributed by atoms with E-state index in [0.29, 0.717) is 13.0 Å². The van der Waals surface area contributed by atoms with Gasteiger partial charge in [0.1, 0.15) is 6.04 Å². The molecular weight excluding hydrogens is 248 g/mol. The number of carbonyl (C=O) groups excluding carboxylic acids is 1. The zero-order valence-corrected chi connectivity index (χ0v) is 10.6. The number of carboxylic acids is 1. The van der Waals surface area contributed by atoms with Gasteiger partial charge in [-0.3, -0.25) is 4.68 Å². The van der Waals surface area contributed by atoms with Gasteiger partial charge in [-0.25, -0.2) is 9.59 Å². The lowest BCUT2D eigenvalue weighted by molar-refractivity contribution is -0.139. The summed E-state index contributed by atoms with van der Waals surface area (Å²) in [5.74, 6) is 1.05. The van der Waals surface area contributed by atoms with E-state index in [4.69, 9.17) is 11.5 Å². The Balaban J connectivity index is 2.31. The number of hydrogen-bond acceptors (Lipinski definition) is 3. The minimum absolute atomic E-state index is 0.0526. The van der Waals surface area contributed by atoms with Crippen molar-refractivity contribution in [2.45, 2.75) is 18.9 Å². The molecule has 19 heavy (non-hydrogen) atoms. The number of carbonyl (C=O) groups is 2. The smallest absolute Gasteiger partial charge is 0.327 e. The van der Waals surface area contributed by atoms with Crippen molar-refractivity contribution in [3.8, 4) is 12.3 Å². The number of rotatable bonds is 6. The van der Waals surface area contributed by atoms with Crippen molar-refractivity contribution in [3.05, 3.63) is 18.0 Å². The first kappa shape index (κ1) is 14.6. The molecule has 1 heterocycles. The van der Waals surface area contributed by atoms with E-state index < -0.39 is 18.0 Å². The third-order valence-corrected chi connectivity index (χ3v) is 2.36. The Hall–Kier alpha value is -2.49. The molecule has 0 saturated heterocycles. The molecule has 0 fully saturated rings. The van der Waals surface area contributed by atoms with Gasteiger partial charge >= 0.3 is 12.0 Å². The highest BCUT2D eigenvalue weighted by atomic mass is 16.4. The molecule has 0 saturated carbocycles. The van der Waals surface area contributed by atoms with E-state index in [-0.39, 0.29) is 6.42 Å². The fraction of sp³-hybridized carbons (Fsp3) is 0.417. The van der Waals surface area contributed by atoms with Crippen molar-refractivity contribution in [3.63, 3.8) is 0 Å². The van der Waals surface area contributed by atoms with Gasteiger partial charge in [0.15, 0.2) is 0 Å². The quantitative estimate of drug-likeness (QED) is 0.617. The van der Waals surface area contributed by atoms with E-state index in [2.05, 4.69) is 21.7 Å².